The third-order valence-electron chi connectivity index (χ3n) is 22.4. The summed E-state index contributed by atoms with van der Waals surface area (Å²) in [4.78, 5) is 162. The summed E-state index contributed by atoms with van der Waals surface area (Å²) in [6, 6.07) is 30.0. The molecule has 134 heavy (non-hydrogen) atoms. The molecule has 6 N–H and O–H groups in total. The molecule has 0 atom stereocenters. The molecule has 8 aliphatic heterocycles. The minimum absolute atomic E-state index is 0.00529. The number of halogens is 8. The number of rotatable bonds is 18. The minimum atomic E-state index is -1.01. The highest BCUT2D eigenvalue weighted by atomic mass is 19.2. The number of nitrogens with zero attached hydrogens (tertiary/aromatic N) is 12. The molecule has 18 rings (SSSR count). The first-order valence-corrected chi connectivity index (χ1v) is 41.8. The number of fused-ring (bicyclic) bond motifs is 16. The lowest BCUT2D eigenvalue weighted by Gasteiger charge is -2.41. The van der Waals surface area contributed by atoms with Gasteiger partial charge in [0.2, 0.25) is 21.7 Å². The Morgan fingerprint density at radius 3 is 0.813 bits per heavy atom. The van der Waals surface area contributed by atoms with E-state index in [0.717, 1.165) is 35.4 Å². The number of nitrogens with one attached hydrogen (secondary N) is 4. The summed E-state index contributed by atoms with van der Waals surface area (Å²) in [5.74, 6) is -13.7. The molecule has 6 aromatic carbocycles. The van der Waals surface area contributed by atoms with Crippen LogP contribution >= 0.6 is 0 Å². The van der Waals surface area contributed by atoms with E-state index in [9.17, 15) is 103 Å². The van der Waals surface area contributed by atoms with Crippen LogP contribution in [0.4, 0.5) is 35.1 Å². The fraction of sp³-hybridized carbons (Fsp3) is 0.289. The largest absolute Gasteiger partial charge is 0.502 e. The number of aromatic nitrogens is 4. The van der Waals surface area contributed by atoms with Gasteiger partial charge in [-0.2, -0.15) is 0 Å². The van der Waals surface area contributed by atoms with Gasteiger partial charge in [0.25, 0.3) is 47.3 Å². The van der Waals surface area contributed by atoms with Crippen LogP contribution in [0.5, 0.6) is 23.0 Å². The Morgan fingerprint density at radius 2 is 0.552 bits per heavy atom. The Kier molecular flexibility index (Phi) is 28.8. The second-order valence-corrected chi connectivity index (χ2v) is 31.0. The monoisotopic (exact) mass is 1860 g/mol. The predicted octanol–water partition coefficient (Wildman–Crippen LogP) is 4.32. The van der Waals surface area contributed by atoms with Crippen molar-refractivity contribution < 1.29 is 112 Å². The van der Waals surface area contributed by atoms with E-state index in [1.807, 2.05) is 60.7 Å². The van der Waals surface area contributed by atoms with Crippen LogP contribution in [-0.4, -0.2) is 228 Å². The van der Waals surface area contributed by atoms with Crippen LogP contribution in [-0.2, 0) is 58.3 Å². The fourth-order valence-electron chi connectivity index (χ4n) is 15.2. The molecule has 700 valence electrons. The van der Waals surface area contributed by atoms with Crippen molar-refractivity contribution >= 4 is 47.3 Å². The molecule has 0 aliphatic carbocycles. The maximum atomic E-state index is 14.1. The molecule has 0 saturated carbocycles. The summed E-state index contributed by atoms with van der Waals surface area (Å²) in [5.41, 5.74) is -3.63. The Balaban J connectivity index is 0.000000137. The molecule has 12 heterocycles. The quantitative estimate of drug-likeness (QED) is 0.0651. The summed E-state index contributed by atoms with van der Waals surface area (Å²) in [6.45, 7) is 5.51. The van der Waals surface area contributed by atoms with Crippen LogP contribution in [0.1, 0.15) is 117 Å². The van der Waals surface area contributed by atoms with Crippen molar-refractivity contribution in [1.29, 1.82) is 0 Å². The van der Waals surface area contributed by atoms with Crippen molar-refractivity contribution in [3.63, 3.8) is 0 Å². The first-order chi connectivity index (χ1) is 64.6. The maximum absolute atomic E-state index is 14.1. The summed E-state index contributed by atoms with van der Waals surface area (Å²) >= 11 is 0. The van der Waals surface area contributed by atoms with Crippen molar-refractivity contribution in [2.24, 2.45) is 0 Å². The SMILES string of the molecule is O=C(NCc1ccc(F)cc1F)c1cn2c(c(O)c1=O)C(=O)N1CCOCCN2C1.O=C(NCc1ccc(F)cc1F)c1cn2c(c(O)c1=O)C(=O)N1CCOCCN2C1.O=C(NCc1ccc(F)cc1F)c1cn2c(c(OCc3ccccc3)c1=O)C(=O)N1CCOCCN2C1.O=C(NCc1ccc(F)cc1F)c1cn2c(c(OCc3ccccc3)c1=O)C(=O)N1CCOCCN2C1. The van der Waals surface area contributed by atoms with Gasteiger partial charge in [0, 0.05) is 124 Å². The predicted molar refractivity (Wildman–Crippen MR) is 457 cm³/mol. The second-order valence-electron chi connectivity index (χ2n) is 31.0. The number of aromatic hydroxyl groups is 2. The summed E-state index contributed by atoms with van der Waals surface area (Å²) in [7, 11) is 0. The van der Waals surface area contributed by atoms with Crippen LogP contribution in [0, 0.1) is 46.5 Å². The highest BCUT2D eigenvalue weighted by Crippen LogP contribution is 2.30. The van der Waals surface area contributed by atoms with E-state index >= 15 is 0 Å². The average Bonchev–Trinajstić information content (AvgIpc) is 0.757. The Bertz CT molecular complexity index is 6110. The molecule has 8 bridgehead atoms. The van der Waals surface area contributed by atoms with E-state index in [4.69, 9.17) is 28.4 Å². The molecular formula is C90H84F8N16O20. The number of hydrogen-bond donors (Lipinski definition) is 6. The molecular weight excluding hydrogens is 1780 g/mol. The Hall–Kier alpha value is -15.4. The lowest BCUT2D eigenvalue weighted by atomic mass is 10.1. The number of benzene rings is 6. The van der Waals surface area contributed by atoms with Gasteiger partial charge >= 0.3 is 0 Å². The second kappa shape index (κ2) is 41.3. The number of carbonyl (C=O) groups is 8. The standard InChI is InChI=1S/2C26H24F2N4O5.2C19H18F2N4O5/c2*27-19-7-6-18(21(28)12-19)13-29-25(34)20-14-32-22(26(35)30-8-10-36-11-9-31(32)16-30)24(23(20)33)37-15-17-4-2-1-3-5-17;2*20-12-2-1-11(14(21)7-12)8-22-18(28)13-9-25-15(17(27)16(13)26)19(29)23-3-5-30-6-4-24(25)10-23/h2*1-7,12,14H,8-11,13,15-16H2,(H,29,34);2*1-2,7,9,27H,3-6,8,10H2,(H,22,28). The van der Waals surface area contributed by atoms with Crippen molar-refractivity contribution in [1.82, 2.24) is 59.6 Å². The van der Waals surface area contributed by atoms with Crippen LogP contribution in [0.3, 0.4) is 0 Å². The van der Waals surface area contributed by atoms with Crippen LogP contribution in [0.25, 0.3) is 0 Å². The normalized spacial score (nSPS) is 15.5. The Morgan fingerprint density at radius 1 is 0.313 bits per heavy atom. The zero-order valence-corrected chi connectivity index (χ0v) is 71.0. The molecule has 36 nitrogen and oxygen atoms in total. The van der Waals surface area contributed by atoms with E-state index in [1.54, 1.807) is 29.8 Å². The molecule has 44 heteroatoms. The summed E-state index contributed by atoms with van der Waals surface area (Å²) in [6.07, 6.45) is 4.93. The van der Waals surface area contributed by atoms with Gasteiger partial charge in [0.1, 0.15) is 109 Å². The smallest absolute Gasteiger partial charge is 0.277 e. The van der Waals surface area contributed by atoms with Crippen molar-refractivity contribution in [2.75, 3.05) is 152 Å². The first-order valence-electron chi connectivity index (χ1n) is 41.8. The Labute approximate surface area is 754 Å². The van der Waals surface area contributed by atoms with Gasteiger partial charge in [-0.25, -0.2) is 35.1 Å². The molecule has 0 spiro atoms. The molecule has 0 radical (unpaired) electrons. The van der Waals surface area contributed by atoms with Crippen molar-refractivity contribution in [3.05, 3.63) is 324 Å². The van der Waals surface area contributed by atoms with Crippen LogP contribution in [0.2, 0.25) is 0 Å². The van der Waals surface area contributed by atoms with E-state index in [2.05, 4.69) is 21.3 Å². The number of ether oxygens (including phenoxy) is 6. The van der Waals surface area contributed by atoms with Crippen molar-refractivity contribution in [2.45, 2.75) is 39.4 Å². The summed E-state index contributed by atoms with van der Waals surface area (Å²) < 4.78 is 147. The van der Waals surface area contributed by atoms with Gasteiger partial charge < -0.3 is 79.5 Å². The van der Waals surface area contributed by atoms with Gasteiger partial charge in [0.05, 0.1) is 79.0 Å². The van der Waals surface area contributed by atoms with Crippen LogP contribution < -0.4 is 72.5 Å². The molecule has 10 aromatic rings. The third kappa shape index (κ3) is 20.6. The number of hydrogen-bond acceptors (Lipinski definition) is 24. The van der Waals surface area contributed by atoms with Gasteiger partial charge in [0.15, 0.2) is 45.8 Å². The highest BCUT2D eigenvalue weighted by Gasteiger charge is 2.41. The van der Waals surface area contributed by atoms with E-state index in [-0.39, 0.29) is 134 Å². The van der Waals surface area contributed by atoms with Gasteiger partial charge in [-0.05, 0) is 35.4 Å². The summed E-state index contributed by atoms with van der Waals surface area (Å²) in [5, 5.41) is 37.4. The van der Waals surface area contributed by atoms with E-state index in [1.165, 1.54) is 77.6 Å². The maximum Gasteiger partial charge on any atom is 0.277 e. The van der Waals surface area contributed by atoms with Gasteiger partial charge in [-0.15, -0.1) is 0 Å². The molecule has 4 saturated heterocycles. The number of pyridine rings is 4. The van der Waals surface area contributed by atoms with Gasteiger partial charge in [-0.1, -0.05) is 84.9 Å². The number of carbonyl (C=O) groups excluding carboxylic acids is 8. The van der Waals surface area contributed by atoms with Gasteiger partial charge in [-0.3, -0.25) is 96.3 Å². The van der Waals surface area contributed by atoms with E-state index < -0.39 is 138 Å². The van der Waals surface area contributed by atoms with E-state index in [0.29, 0.717) is 129 Å². The minimum Gasteiger partial charge on any atom is -0.502 e. The van der Waals surface area contributed by atoms with Crippen molar-refractivity contribution in [3.8, 4) is 23.0 Å². The third-order valence-corrected chi connectivity index (χ3v) is 22.4. The number of amides is 8. The lowest BCUT2D eigenvalue weighted by molar-refractivity contribution is 0.0468. The highest BCUT2D eigenvalue weighted by molar-refractivity contribution is 6.03. The van der Waals surface area contributed by atoms with Crippen LogP contribution in [0.15, 0.2) is 177 Å². The zero-order chi connectivity index (χ0) is 94.7. The lowest BCUT2D eigenvalue weighted by Crippen LogP contribution is -2.57. The molecule has 4 fully saturated rings. The fourth-order valence-corrected chi connectivity index (χ4v) is 15.2. The molecule has 4 aromatic heterocycles. The zero-order valence-electron chi connectivity index (χ0n) is 71.0. The molecule has 8 aliphatic rings. The molecule has 0 unspecified atom stereocenters. The molecule has 8 amide bonds. The topological polar surface area (TPSA) is 394 Å². The first kappa shape index (κ1) is 93.2. The average molecular weight is 1860 g/mol.